The van der Waals surface area contributed by atoms with Crippen LogP contribution in [-0.2, 0) is 6.42 Å². The van der Waals surface area contributed by atoms with Crippen molar-refractivity contribution >= 4 is 11.2 Å². The second-order valence-electron chi connectivity index (χ2n) is 6.42. The zero-order valence-corrected chi connectivity index (χ0v) is 15.4. The number of aromatic hydroxyl groups is 1. The van der Waals surface area contributed by atoms with Crippen LogP contribution in [0.1, 0.15) is 23.6 Å². The van der Waals surface area contributed by atoms with Crippen LogP contribution in [-0.4, -0.2) is 20.1 Å². The minimum Gasteiger partial charge on any atom is -0.507 e. The number of aryl methyl sites for hydroxylation is 3. The van der Waals surface area contributed by atoms with Gasteiger partial charge in [0.25, 0.3) is 5.71 Å². The van der Waals surface area contributed by atoms with Gasteiger partial charge < -0.3 is 14.3 Å². The molecule has 4 rings (SSSR count). The van der Waals surface area contributed by atoms with Crippen molar-refractivity contribution < 1.29 is 14.3 Å². The number of aromatic nitrogens is 3. The van der Waals surface area contributed by atoms with E-state index in [-0.39, 0.29) is 11.8 Å². The first-order valence-corrected chi connectivity index (χ1v) is 8.74. The minimum absolute atomic E-state index is 0.205. The molecule has 4 aromatic rings. The quantitative estimate of drug-likeness (QED) is 0.553. The molecule has 6 heteroatoms. The van der Waals surface area contributed by atoms with E-state index in [0.29, 0.717) is 22.9 Å². The van der Waals surface area contributed by atoms with Crippen molar-refractivity contribution in [1.29, 1.82) is 0 Å². The van der Waals surface area contributed by atoms with Gasteiger partial charge in [-0.1, -0.05) is 19.1 Å². The van der Waals surface area contributed by atoms with Gasteiger partial charge in [-0.2, -0.15) is 4.98 Å². The van der Waals surface area contributed by atoms with Gasteiger partial charge in [-0.3, -0.25) is 0 Å². The molecule has 0 radical (unpaired) electrons. The van der Waals surface area contributed by atoms with Crippen molar-refractivity contribution in [3.63, 3.8) is 0 Å². The molecule has 0 fully saturated rings. The monoisotopic (exact) mass is 361 g/mol. The molecule has 0 saturated carbocycles. The topological polar surface area (TPSA) is 81.3 Å². The second-order valence-corrected chi connectivity index (χ2v) is 6.42. The van der Waals surface area contributed by atoms with Gasteiger partial charge in [-0.15, -0.1) is 0 Å². The minimum atomic E-state index is 0.205. The molecule has 0 aliphatic rings. The Balaban J connectivity index is 1.67. The molecule has 0 bridgehead atoms. The fourth-order valence-corrected chi connectivity index (χ4v) is 2.91. The van der Waals surface area contributed by atoms with E-state index in [2.05, 4.69) is 21.9 Å². The predicted molar refractivity (Wildman–Crippen MR) is 102 cm³/mol. The van der Waals surface area contributed by atoms with Crippen LogP contribution in [0.3, 0.4) is 0 Å². The van der Waals surface area contributed by atoms with Crippen LogP contribution in [0, 0.1) is 13.8 Å². The number of ether oxygens (including phenoxy) is 1. The number of benzene rings is 2. The molecule has 2 heterocycles. The van der Waals surface area contributed by atoms with Gasteiger partial charge in [0.2, 0.25) is 5.89 Å². The van der Waals surface area contributed by atoms with Crippen LogP contribution < -0.4 is 4.74 Å². The van der Waals surface area contributed by atoms with Gasteiger partial charge in [0.05, 0.1) is 6.20 Å². The van der Waals surface area contributed by atoms with Gasteiger partial charge >= 0.3 is 6.01 Å². The molecule has 27 heavy (non-hydrogen) atoms. The van der Waals surface area contributed by atoms with Crippen LogP contribution >= 0.6 is 0 Å². The molecule has 6 nitrogen and oxygen atoms in total. The summed E-state index contributed by atoms with van der Waals surface area (Å²) >= 11 is 0. The standard InChI is InChI=1S/C21H19N3O3/c1-4-14-6-5-7-16(10-14)26-21-22-11-17-20(24-21)27-19(23-17)15-8-12(2)18(25)13(3)9-15/h5-11,25H,4H2,1-3H3. The first-order chi connectivity index (χ1) is 13.0. The molecular formula is C21H19N3O3. The van der Waals surface area contributed by atoms with Crippen molar-refractivity contribution in [2.45, 2.75) is 27.2 Å². The van der Waals surface area contributed by atoms with Crippen molar-refractivity contribution in [1.82, 2.24) is 15.0 Å². The summed E-state index contributed by atoms with van der Waals surface area (Å²) in [4.78, 5) is 13.0. The smallest absolute Gasteiger partial charge is 0.325 e. The Hall–Kier alpha value is -3.41. The summed E-state index contributed by atoms with van der Waals surface area (Å²) in [5.74, 6) is 1.38. The number of oxazole rings is 1. The van der Waals surface area contributed by atoms with E-state index in [4.69, 9.17) is 9.15 Å². The molecule has 0 aliphatic carbocycles. The maximum Gasteiger partial charge on any atom is 0.325 e. The summed E-state index contributed by atoms with van der Waals surface area (Å²) in [5, 5.41) is 9.94. The van der Waals surface area contributed by atoms with E-state index in [1.54, 1.807) is 6.20 Å². The summed E-state index contributed by atoms with van der Waals surface area (Å²) in [6.07, 6.45) is 2.50. The number of fused-ring (bicyclic) bond motifs is 1. The number of phenolic OH excluding ortho intramolecular Hbond substituents is 1. The third-order valence-corrected chi connectivity index (χ3v) is 4.38. The average molecular weight is 361 g/mol. The maximum atomic E-state index is 9.94. The zero-order chi connectivity index (χ0) is 19.0. The van der Waals surface area contributed by atoms with Crippen molar-refractivity contribution in [3.8, 4) is 29.0 Å². The van der Waals surface area contributed by atoms with E-state index in [1.807, 2.05) is 50.2 Å². The molecule has 0 aliphatic heterocycles. The van der Waals surface area contributed by atoms with Crippen molar-refractivity contribution in [2.75, 3.05) is 0 Å². The summed E-state index contributed by atoms with van der Waals surface area (Å²) in [6, 6.07) is 11.7. The zero-order valence-electron chi connectivity index (χ0n) is 15.4. The van der Waals surface area contributed by atoms with Crippen LogP contribution in [0.2, 0.25) is 0 Å². The molecule has 0 spiro atoms. The average Bonchev–Trinajstić information content (AvgIpc) is 3.09. The number of nitrogens with zero attached hydrogens (tertiary/aromatic N) is 3. The molecule has 2 aromatic carbocycles. The predicted octanol–water partition coefficient (Wildman–Crippen LogP) is 4.96. The Bertz CT molecular complexity index is 1110. The van der Waals surface area contributed by atoms with Gasteiger partial charge in [0, 0.05) is 5.56 Å². The third-order valence-electron chi connectivity index (χ3n) is 4.38. The van der Waals surface area contributed by atoms with Crippen molar-refractivity contribution in [2.24, 2.45) is 0 Å². The highest BCUT2D eigenvalue weighted by molar-refractivity contribution is 5.72. The Labute approximate surface area is 156 Å². The maximum absolute atomic E-state index is 9.94. The van der Waals surface area contributed by atoms with Crippen LogP contribution in [0.4, 0.5) is 0 Å². The van der Waals surface area contributed by atoms with Crippen LogP contribution in [0.25, 0.3) is 22.7 Å². The first-order valence-electron chi connectivity index (χ1n) is 8.74. The lowest BCUT2D eigenvalue weighted by molar-refractivity contribution is 0.439. The Morgan fingerprint density at radius 1 is 1.07 bits per heavy atom. The van der Waals surface area contributed by atoms with E-state index in [1.165, 1.54) is 5.56 Å². The molecule has 0 unspecified atom stereocenters. The highest BCUT2D eigenvalue weighted by Gasteiger charge is 2.14. The number of phenols is 1. The summed E-state index contributed by atoms with van der Waals surface area (Å²) in [6.45, 7) is 5.76. The van der Waals surface area contributed by atoms with Gasteiger partial charge in [-0.05, 0) is 61.2 Å². The second kappa shape index (κ2) is 6.72. The highest BCUT2D eigenvalue weighted by Crippen LogP contribution is 2.30. The summed E-state index contributed by atoms with van der Waals surface area (Å²) < 4.78 is 11.6. The van der Waals surface area contributed by atoms with Crippen LogP contribution in [0.15, 0.2) is 47.0 Å². The molecular weight excluding hydrogens is 342 g/mol. The fraction of sp³-hybridized carbons (Fsp3) is 0.190. The molecule has 1 N–H and O–H groups in total. The van der Waals surface area contributed by atoms with E-state index < -0.39 is 0 Å². The van der Waals surface area contributed by atoms with E-state index in [9.17, 15) is 5.11 Å². The normalized spacial score (nSPS) is 11.1. The van der Waals surface area contributed by atoms with Gasteiger partial charge in [-0.25, -0.2) is 9.97 Å². The highest BCUT2D eigenvalue weighted by atomic mass is 16.5. The van der Waals surface area contributed by atoms with Crippen LogP contribution in [0.5, 0.6) is 17.5 Å². The molecule has 0 amide bonds. The number of rotatable bonds is 4. The lowest BCUT2D eigenvalue weighted by Gasteiger charge is -2.05. The Morgan fingerprint density at radius 3 is 2.59 bits per heavy atom. The number of hydrogen-bond donors (Lipinski definition) is 1. The molecule has 0 saturated heterocycles. The third kappa shape index (κ3) is 3.33. The lowest BCUT2D eigenvalue weighted by atomic mass is 10.1. The van der Waals surface area contributed by atoms with E-state index in [0.717, 1.165) is 23.1 Å². The molecule has 2 aromatic heterocycles. The SMILES string of the molecule is CCc1cccc(Oc2ncc3nc(-c4cc(C)c(O)c(C)c4)oc3n2)c1. The van der Waals surface area contributed by atoms with E-state index >= 15 is 0 Å². The lowest BCUT2D eigenvalue weighted by Crippen LogP contribution is -1.92. The molecule has 136 valence electrons. The largest absolute Gasteiger partial charge is 0.507 e. The Morgan fingerprint density at radius 2 is 1.85 bits per heavy atom. The first kappa shape index (κ1) is 17.0. The van der Waals surface area contributed by atoms with Gasteiger partial charge in [0.15, 0.2) is 0 Å². The summed E-state index contributed by atoms with van der Waals surface area (Å²) in [7, 11) is 0. The fourth-order valence-electron chi connectivity index (χ4n) is 2.91. The van der Waals surface area contributed by atoms with Gasteiger partial charge in [0.1, 0.15) is 17.0 Å². The number of hydrogen-bond acceptors (Lipinski definition) is 6. The Kier molecular flexibility index (Phi) is 4.24. The van der Waals surface area contributed by atoms with Crippen molar-refractivity contribution in [3.05, 3.63) is 59.3 Å². The summed E-state index contributed by atoms with van der Waals surface area (Å²) in [5.41, 5.74) is 4.37. The molecule has 0 atom stereocenters.